The number of hydrazone groups is 1. The lowest BCUT2D eigenvalue weighted by molar-refractivity contribution is -0.385. The summed E-state index contributed by atoms with van der Waals surface area (Å²) in [5.41, 5.74) is 4.04. The molecule has 0 spiro atoms. The van der Waals surface area contributed by atoms with Crippen LogP contribution >= 0.6 is 11.3 Å². The van der Waals surface area contributed by atoms with E-state index < -0.39 is 4.92 Å². The second-order valence-corrected chi connectivity index (χ2v) is 7.03. The van der Waals surface area contributed by atoms with Gasteiger partial charge in [-0.15, -0.1) is 11.3 Å². The van der Waals surface area contributed by atoms with Crippen molar-refractivity contribution >= 4 is 34.3 Å². The zero-order chi connectivity index (χ0) is 22.9. The summed E-state index contributed by atoms with van der Waals surface area (Å²) in [5.74, 6) is 0.578. The van der Waals surface area contributed by atoms with Gasteiger partial charge in [0.25, 0.3) is 0 Å². The average Bonchev–Trinajstić information content (AvgIpc) is 3.42. The third-order valence-electron chi connectivity index (χ3n) is 3.93. The van der Waals surface area contributed by atoms with Gasteiger partial charge >= 0.3 is 11.7 Å². The number of methoxy groups -OCH3 is 1. The molecule has 3 rings (SSSR count). The number of ether oxygens (including phenoxy) is 3. The van der Waals surface area contributed by atoms with E-state index in [1.165, 1.54) is 29.3 Å². The zero-order valence-electron chi connectivity index (χ0n) is 17.3. The van der Waals surface area contributed by atoms with Crippen LogP contribution in [0.25, 0.3) is 0 Å². The molecule has 0 amide bonds. The summed E-state index contributed by atoms with van der Waals surface area (Å²) in [6.45, 7) is 2.07. The number of aromatic nitrogens is 3. The molecule has 0 radical (unpaired) electrons. The molecule has 0 saturated carbocycles. The number of hydrogen-bond donors (Lipinski definition) is 1. The van der Waals surface area contributed by atoms with Crippen molar-refractivity contribution in [2.75, 3.05) is 19.1 Å². The molecule has 32 heavy (non-hydrogen) atoms. The fraction of sp³-hybridized carbons (Fsp3) is 0.263. The molecular weight excluding hydrogens is 440 g/mol. The number of thiazole rings is 1. The second-order valence-electron chi connectivity index (χ2n) is 6.17. The molecule has 0 fully saturated rings. The van der Waals surface area contributed by atoms with Crippen LogP contribution in [0, 0.1) is 10.1 Å². The van der Waals surface area contributed by atoms with Crippen LogP contribution in [0.1, 0.15) is 18.2 Å². The quantitative estimate of drug-likeness (QED) is 0.198. The number of anilines is 1. The Morgan fingerprint density at radius 2 is 2.25 bits per heavy atom. The number of nitrogens with one attached hydrogen (secondary N) is 1. The van der Waals surface area contributed by atoms with Crippen molar-refractivity contribution in [1.82, 2.24) is 14.8 Å². The number of hydrogen-bond acceptors (Lipinski definition) is 11. The number of rotatable bonds is 11. The zero-order valence-corrected chi connectivity index (χ0v) is 18.1. The highest BCUT2D eigenvalue weighted by Crippen LogP contribution is 2.28. The molecule has 2 heterocycles. The smallest absolute Gasteiger partial charge is 0.311 e. The fourth-order valence-corrected chi connectivity index (χ4v) is 3.16. The number of esters is 1. The predicted molar refractivity (Wildman–Crippen MR) is 116 cm³/mol. The van der Waals surface area contributed by atoms with Gasteiger partial charge < -0.3 is 14.2 Å². The Kier molecular flexibility index (Phi) is 7.70. The van der Waals surface area contributed by atoms with Crippen LogP contribution in [0.2, 0.25) is 0 Å². The monoisotopic (exact) mass is 460 g/mol. The molecule has 0 unspecified atom stereocenters. The van der Waals surface area contributed by atoms with Crippen molar-refractivity contribution in [2.24, 2.45) is 5.10 Å². The van der Waals surface area contributed by atoms with Gasteiger partial charge in [0.15, 0.2) is 18.2 Å². The average molecular weight is 460 g/mol. The van der Waals surface area contributed by atoms with Crippen LogP contribution in [-0.2, 0) is 22.7 Å². The summed E-state index contributed by atoms with van der Waals surface area (Å²) in [5, 5.41) is 21.0. The highest BCUT2D eigenvalue weighted by molar-refractivity contribution is 7.13. The first-order chi connectivity index (χ1) is 15.5. The van der Waals surface area contributed by atoms with Gasteiger partial charge in [-0.1, -0.05) is 0 Å². The number of carbonyl (C=O) groups is 1. The maximum Gasteiger partial charge on any atom is 0.311 e. The van der Waals surface area contributed by atoms with Gasteiger partial charge in [-0.05, 0) is 30.7 Å². The van der Waals surface area contributed by atoms with Crippen LogP contribution in [-0.4, -0.2) is 45.6 Å². The van der Waals surface area contributed by atoms with E-state index in [4.69, 9.17) is 14.2 Å². The first-order valence-electron chi connectivity index (χ1n) is 9.35. The van der Waals surface area contributed by atoms with Crippen LogP contribution in [0.3, 0.4) is 0 Å². The van der Waals surface area contributed by atoms with Gasteiger partial charge in [-0.2, -0.15) is 10.2 Å². The number of nitro groups is 1. The van der Waals surface area contributed by atoms with Gasteiger partial charge in [-0.3, -0.25) is 20.3 Å². The lowest BCUT2D eigenvalue weighted by Gasteiger charge is -2.11. The molecule has 1 aromatic carbocycles. The van der Waals surface area contributed by atoms with Crippen molar-refractivity contribution in [3.63, 3.8) is 0 Å². The lowest BCUT2D eigenvalue weighted by atomic mass is 10.2. The van der Waals surface area contributed by atoms with E-state index >= 15 is 0 Å². The molecule has 12 nitrogen and oxygen atoms in total. The molecule has 2 aromatic heterocycles. The van der Waals surface area contributed by atoms with Crippen molar-refractivity contribution in [1.29, 1.82) is 0 Å². The third kappa shape index (κ3) is 6.25. The van der Waals surface area contributed by atoms with E-state index in [9.17, 15) is 14.9 Å². The lowest BCUT2D eigenvalue weighted by Crippen LogP contribution is -2.07. The molecule has 0 aliphatic carbocycles. The van der Waals surface area contributed by atoms with E-state index in [0.717, 1.165) is 11.8 Å². The number of carbonyl (C=O) groups excluding carboxylic acids is 1. The minimum absolute atomic E-state index is 0.0165. The highest BCUT2D eigenvalue weighted by Gasteiger charge is 2.11. The molecule has 0 aliphatic rings. The first-order valence-corrected chi connectivity index (χ1v) is 10.2. The van der Waals surface area contributed by atoms with Crippen LogP contribution in [0.5, 0.6) is 11.5 Å². The Labute approximate surface area is 186 Å². The van der Waals surface area contributed by atoms with Crippen LogP contribution in [0.4, 0.5) is 10.8 Å². The third-order valence-corrected chi connectivity index (χ3v) is 4.72. The van der Waals surface area contributed by atoms with Gasteiger partial charge in [0.2, 0.25) is 5.13 Å². The second kappa shape index (κ2) is 10.9. The molecule has 168 valence electrons. The Morgan fingerprint density at radius 3 is 2.97 bits per heavy atom. The van der Waals surface area contributed by atoms with Crippen LogP contribution in [0.15, 0.2) is 41.1 Å². The standard InChI is InChI=1S/C19H20N6O6S/c1-3-30-18(26)7-14-11-32-19(22-14)23-20-8-13-4-5-16(17(6-13)29-2)31-12-24-10-15(9-21-24)25(27)28/h4-6,8-11H,3,7,12H2,1-2H3,(H,22,23). The molecule has 0 aliphatic heterocycles. The minimum Gasteiger partial charge on any atom is -0.493 e. The Hall–Kier alpha value is -4.00. The Bertz CT molecular complexity index is 1110. The summed E-state index contributed by atoms with van der Waals surface area (Å²) < 4.78 is 17.2. The molecule has 13 heteroatoms. The van der Waals surface area contributed by atoms with Crippen molar-refractivity contribution in [3.8, 4) is 11.5 Å². The number of benzene rings is 1. The maximum absolute atomic E-state index is 11.5. The fourth-order valence-electron chi connectivity index (χ4n) is 2.50. The van der Waals surface area contributed by atoms with Crippen molar-refractivity contribution < 1.29 is 23.9 Å². The SMILES string of the molecule is CCOC(=O)Cc1csc(NN=Cc2ccc(OCn3cc([N+](=O)[O-])cn3)c(OC)c2)n1. The van der Waals surface area contributed by atoms with Gasteiger partial charge in [0.05, 0.1) is 37.0 Å². The van der Waals surface area contributed by atoms with E-state index in [1.54, 1.807) is 36.7 Å². The summed E-state index contributed by atoms with van der Waals surface area (Å²) in [6, 6.07) is 5.18. The largest absolute Gasteiger partial charge is 0.493 e. The summed E-state index contributed by atoms with van der Waals surface area (Å²) in [4.78, 5) is 26.0. The van der Waals surface area contributed by atoms with Crippen LogP contribution < -0.4 is 14.9 Å². The molecule has 0 saturated heterocycles. The predicted octanol–water partition coefficient (Wildman–Crippen LogP) is 2.84. The topological polar surface area (TPSA) is 143 Å². The maximum atomic E-state index is 11.5. The summed E-state index contributed by atoms with van der Waals surface area (Å²) in [6.07, 6.45) is 4.11. The minimum atomic E-state index is -0.529. The van der Waals surface area contributed by atoms with Gasteiger partial charge in [-0.25, -0.2) is 9.67 Å². The molecular formula is C19H20N6O6S. The van der Waals surface area contributed by atoms with Gasteiger partial charge in [0.1, 0.15) is 12.4 Å². The van der Waals surface area contributed by atoms with E-state index in [1.807, 2.05) is 0 Å². The molecule has 0 atom stereocenters. The molecule has 3 aromatic rings. The van der Waals surface area contributed by atoms with E-state index in [2.05, 4.69) is 20.6 Å². The van der Waals surface area contributed by atoms with Crippen molar-refractivity contribution in [2.45, 2.75) is 20.1 Å². The summed E-state index contributed by atoms with van der Waals surface area (Å²) >= 11 is 1.32. The molecule has 1 N–H and O–H groups in total. The Morgan fingerprint density at radius 1 is 1.41 bits per heavy atom. The van der Waals surface area contributed by atoms with E-state index in [-0.39, 0.29) is 24.8 Å². The Balaban J connectivity index is 1.57. The normalized spacial score (nSPS) is 10.8. The van der Waals surface area contributed by atoms with E-state index in [0.29, 0.717) is 28.9 Å². The van der Waals surface area contributed by atoms with Crippen molar-refractivity contribution in [3.05, 3.63) is 57.3 Å². The molecule has 0 bridgehead atoms. The highest BCUT2D eigenvalue weighted by atomic mass is 32.1. The first kappa shape index (κ1) is 22.7. The van der Waals surface area contributed by atoms with Gasteiger partial charge in [0, 0.05) is 5.38 Å². The summed E-state index contributed by atoms with van der Waals surface area (Å²) in [7, 11) is 1.50. The number of nitrogens with zero attached hydrogens (tertiary/aromatic N) is 5.